The summed E-state index contributed by atoms with van der Waals surface area (Å²) in [6.45, 7) is 7.63. The third kappa shape index (κ3) is 4.23. The lowest BCUT2D eigenvalue weighted by atomic mass is 10.3. The number of hydrogen-bond acceptors (Lipinski definition) is 3. The zero-order valence-electron chi connectivity index (χ0n) is 9.08. The highest BCUT2D eigenvalue weighted by molar-refractivity contribution is 5.42. The summed E-state index contributed by atoms with van der Waals surface area (Å²) < 4.78 is 5.42. The lowest BCUT2D eigenvalue weighted by Gasteiger charge is -2.09. The maximum Gasteiger partial charge on any atom is 0.0642 e. The van der Waals surface area contributed by atoms with Gasteiger partial charge in [-0.15, -0.1) is 0 Å². The zero-order valence-corrected chi connectivity index (χ0v) is 9.08. The topological polar surface area (TPSA) is 34.1 Å². The molecule has 0 radical (unpaired) electrons. The molecule has 0 bridgehead atoms. The van der Waals surface area contributed by atoms with Gasteiger partial charge in [0.05, 0.1) is 12.7 Å². The van der Waals surface area contributed by atoms with Crippen LogP contribution in [0.15, 0.2) is 18.3 Å². The Kier molecular flexibility index (Phi) is 4.40. The number of aryl methyl sites for hydroxylation is 1. The molecule has 0 aliphatic rings. The third-order valence-corrected chi connectivity index (χ3v) is 1.78. The van der Waals surface area contributed by atoms with Crippen LogP contribution in [-0.4, -0.2) is 24.2 Å². The second kappa shape index (κ2) is 5.60. The van der Waals surface area contributed by atoms with Crippen molar-refractivity contribution in [3.63, 3.8) is 0 Å². The van der Waals surface area contributed by atoms with E-state index in [1.165, 1.54) is 0 Å². The van der Waals surface area contributed by atoms with E-state index < -0.39 is 0 Å². The molecule has 0 saturated carbocycles. The number of hydrogen-bond donors (Lipinski definition) is 1. The molecule has 3 heteroatoms. The van der Waals surface area contributed by atoms with Gasteiger partial charge in [-0.05, 0) is 32.9 Å². The fraction of sp³-hybridized carbons (Fsp3) is 0.545. The molecule has 1 heterocycles. The van der Waals surface area contributed by atoms with Gasteiger partial charge in [-0.2, -0.15) is 0 Å². The normalized spacial score (nSPS) is 10.6. The minimum atomic E-state index is 0.302. The second-order valence-electron chi connectivity index (χ2n) is 3.53. The summed E-state index contributed by atoms with van der Waals surface area (Å²) >= 11 is 0. The van der Waals surface area contributed by atoms with Gasteiger partial charge in [-0.1, -0.05) is 0 Å². The summed E-state index contributed by atoms with van der Waals surface area (Å²) in [5, 5.41) is 3.28. The number of nitrogens with zero attached hydrogens (tertiary/aromatic N) is 1. The molecule has 1 N–H and O–H groups in total. The largest absolute Gasteiger partial charge is 0.383 e. The van der Waals surface area contributed by atoms with Crippen LogP contribution < -0.4 is 5.32 Å². The Hall–Kier alpha value is -1.09. The van der Waals surface area contributed by atoms with Gasteiger partial charge >= 0.3 is 0 Å². The molecule has 0 aromatic carbocycles. The summed E-state index contributed by atoms with van der Waals surface area (Å²) in [5.41, 5.74) is 2.13. The van der Waals surface area contributed by atoms with Gasteiger partial charge in [0.2, 0.25) is 0 Å². The summed E-state index contributed by atoms with van der Waals surface area (Å²) in [6, 6.07) is 3.98. The van der Waals surface area contributed by atoms with Crippen LogP contribution >= 0.6 is 0 Å². The van der Waals surface area contributed by atoms with E-state index in [9.17, 15) is 0 Å². The predicted octanol–water partition coefficient (Wildman–Crippen LogP) is 2.23. The van der Waals surface area contributed by atoms with Gasteiger partial charge in [-0.3, -0.25) is 4.98 Å². The first kappa shape index (κ1) is 11.0. The summed E-state index contributed by atoms with van der Waals surface area (Å²) in [5.74, 6) is 0. The molecule has 0 atom stereocenters. The first-order valence-electron chi connectivity index (χ1n) is 4.96. The van der Waals surface area contributed by atoms with E-state index in [1.54, 1.807) is 6.20 Å². The van der Waals surface area contributed by atoms with E-state index in [4.69, 9.17) is 4.74 Å². The van der Waals surface area contributed by atoms with Crippen molar-refractivity contribution in [1.82, 2.24) is 4.98 Å². The van der Waals surface area contributed by atoms with Crippen LogP contribution in [-0.2, 0) is 4.74 Å². The number of rotatable bonds is 5. The van der Waals surface area contributed by atoms with Crippen molar-refractivity contribution in [3.05, 3.63) is 24.0 Å². The van der Waals surface area contributed by atoms with Crippen molar-refractivity contribution in [1.29, 1.82) is 0 Å². The van der Waals surface area contributed by atoms with E-state index in [0.717, 1.165) is 24.5 Å². The summed E-state index contributed by atoms with van der Waals surface area (Å²) in [7, 11) is 0. The van der Waals surface area contributed by atoms with Crippen molar-refractivity contribution in [2.75, 3.05) is 18.5 Å². The van der Waals surface area contributed by atoms with Gasteiger partial charge in [0, 0.05) is 24.1 Å². The molecule has 78 valence electrons. The average Bonchev–Trinajstić information content (AvgIpc) is 2.12. The van der Waals surface area contributed by atoms with Crippen LogP contribution in [0.4, 0.5) is 5.69 Å². The standard InChI is InChI=1S/C11H18N2O/c1-9(2)14-7-6-13-11-4-5-12-10(3)8-11/h4-5,8-9H,6-7H2,1-3H3,(H,12,13). The molecule has 1 aromatic heterocycles. The minimum absolute atomic E-state index is 0.302. The van der Waals surface area contributed by atoms with Crippen LogP contribution in [0.2, 0.25) is 0 Å². The molecule has 0 aliphatic carbocycles. The van der Waals surface area contributed by atoms with Gasteiger partial charge in [-0.25, -0.2) is 0 Å². The van der Waals surface area contributed by atoms with E-state index in [1.807, 2.05) is 32.9 Å². The Morgan fingerprint density at radius 1 is 1.50 bits per heavy atom. The Labute approximate surface area is 85.5 Å². The SMILES string of the molecule is Cc1cc(NCCOC(C)C)ccn1. The Morgan fingerprint density at radius 3 is 2.93 bits per heavy atom. The smallest absolute Gasteiger partial charge is 0.0642 e. The molecular formula is C11H18N2O. The molecule has 0 saturated heterocycles. The quantitative estimate of drug-likeness (QED) is 0.730. The molecular weight excluding hydrogens is 176 g/mol. The van der Waals surface area contributed by atoms with Crippen LogP contribution in [0.3, 0.4) is 0 Å². The second-order valence-corrected chi connectivity index (χ2v) is 3.53. The van der Waals surface area contributed by atoms with Crippen molar-refractivity contribution in [2.45, 2.75) is 26.9 Å². The minimum Gasteiger partial charge on any atom is -0.383 e. The molecule has 1 aromatic rings. The maximum absolute atomic E-state index is 5.42. The number of pyridine rings is 1. The lowest BCUT2D eigenvalue weighted by molar-refractivity contribution is 0.0870. The molecule has 14 heavy (non-hydrogen) atoms. The van der Waals surface area contributed by atoms with Gasteiger partial charge in [0.1, 0.15) is 0 Å². The molecule has 1 rings (SSSR count). The Balaban J connectivity index is 2.25. The lowest BCUT2D eigenvalue weighted by Crippen LogP contribution is -2.13. The van der Waals surface area contributed by atoms with E-state index >= 15 is 0 Å². The monoisotopic (exact) mass is 194 g/mol. The number of ether oxygens (including phenoxy) is 1. The summed E-state index contributed by atoms with van der Waals surface area (Å²) in [4.78, 5) is 4.13. The number of aromatic nitrogens is 1. The van der Waals surface area contributed by atoms with E-state index in [2.05, 4.69) is 10.3 Å². The van der Waals surface area contributed by atoms with Crippen molar-refractivity contribution >= 4 is 5.69 Å². The molecule has 0 spiro atoms. The van der Waals surface area contributed by atoms with Crippen LogP contribution in [0.5, 0.6) is 0 Å². The first-order valence-corrected chi connectivity index (χ1v) is 4.96. The van der Waals surface area contributed by atoms with Crippen LogP contribution in [0.25, 0.3) is 0 Å². The molecule has 3 nitrogen and oxygen atoms in total. The number of nitrogens with one attached hydrogen (secondary N) is 1. The molecule has 0 unspecified atom stereocenters. The molecule has 0 aliphatic heterocycles. The molecule has 0 amide bonds. The highest BCUT2D eigenvalue weighted by Gasteiger charge is 1.94. The van der Waals surface area contributed by atoms with Crippen molar-refractivity contribution in [3.8, 4) is 0 Å². The average molecular weight is 194 g/mol. The highest BCUT2D eigenvalue weighted by atomic mass is 16.5. The van der Waals surface area contributed by atoms with Crippen LogP contribution in [0, 0.1) is 6.92 Å². The van der Waals surface area contributed by atoms with Crippen molar-refractivity contribution < 1.29 is 4.74 Å². The van der Waals surface area contributed by atoms with Crippen LogP contribution in [0.1, 0.15) is 19.5 Å². The highest BCUT2D eigenvalue weighted by Crippen LogP contribution is 2.05. The van der Waals surface area contributed by atoms with Gasteiger partial charge in [0.25, 0.3) is 0 Å². The predicted molar refractivity (Wildman–Crippen MR) is 58.6 cm³/mol. The molecule has 0 fully saturated rings. The fourth-order valence-electron chi connectivity index (χ4n) is 1.15. The number of anilines is 1. The third-order valence-electron chi connectivity index (χ3n) is 1.78. The van der Waals surface area contributed by atoms with Crippen molar-refractivity contribution in [2.24, 2.45) is 0 Å². The first-order chi connectivity index (χ1) is 6.68. The Bertz CT molecular complexity index is 274. The fourth-order valence-corrected chi connectivity index (χ4v) is 1.15. The maximum atomic E-state index is 5.42. The van der Waals surface area contributed by atoms with E-state index in [0.29, 0.717) is 6.10 Å². The Morgan fingerprint density at radius 2 is 2.29 bits per heavy atom. The zero-order chi connectivity index (χ0) is 10.4. The van der Waals surface area contributed by atoms with Gasteiger partial charge in [0.15, 0.2) is 0 Å². The summed E-state index contributed by atoms with van der Waals surface area (Å²) in [6.07, 6.45) is 2.11. The van der Waals surface area contributed by atoms with Gasteiger partial charge < -0.3 is 10.1 Å². The van der Waals surface area contributed by atoms with E-state index in [-0.39, 0.29) is 0 Å².